The molecule has 0 amide bonds. The summed E-state index contributed by atoms with van der Waals surface area (Å²) in [6.45, 7) is 0. The second kappa shape index (κ2) is 6.07. The van der Waals surface area contributed by atoms with E-state index in [-0.39, 0.29) is 5.12 Å². The Morgan fingerprint density at radius 2 is 1.90 bits per heavy atom. The molecule has 104 valence electrons. The number of halogens is 1. The second-order valence-corrected chi connectivity index (χ2v) is 5.49. The van der Waals surface area contributed by atoms with E-state index in [1.54, 1.807) is 24.3 Å². The highest BCUT2D eigenvalue weighted by atomic mass is 35.5. The third-order valence-corrected chi connectivity index (χ3v) is 3.78. The lowest BCUT2D eigenvalue weighted by Crippen LogP contribution is -2.01. The van der Waals surface area contributed by atoms with Gasteiger partial charge in [-0.15, -0.1) is 5.10 Å². The van der Waals surface area contributed by atoms with Gasteiger partial charge in [0, 0.05) is 10.6 Å². The summed E-state index contributed by atoms with van der Waals surface area (Å²) in [5, 5.41) is 12.2. The van der Waals surface area contributed by atoms with Crippen LogP contribution in [0.25, 0.3) is 5.69 Å². The lowest BCUT2D eigenvalue weighted by molar-refractivity contribution is 0.108. The minimum absolute atomic E-state index is 0.163. The summed E-state index contributed by atoms with van der Waals surface area (Å²) in [6, 6.07) is 16.2. The molecule has 2 aromatic carbocycles. The number of hydrogen-bond acceptors (Lipinski definition) is 5. The van der Waals surface area contributed by atoms with E-state index in [1.165, 1.54) is 4.68 Å². The fraction of sp³-hybridized carbons (Fsp3) is 0. The minimum Gasteiger partial charge on any atom is -0.281 e. The molecular formula is C14H9ClN4OS. The molecule has 0 unspecified atom stereocenters. The number of thioether (sulfide) groups is 1. The summed E-state index contributed by atoms with van der Waals surface area (Å²) in [7, 11) is 0. The van der Waals surface area contributed by atoms with Crippen LogP contribution >= 0.6 is 23.4 Å². The highest BCUT2D eigenvalue weighted by Crippen LogP contribution is 2.23. The fourth-order valence-electron chi connectivity index (χ4n) is 1.73. The van der Waals surface area contributed by atoms with Gasteiger partial charge in [0.15, 0.2) is 0 Å². The second-order valence-electron chi connectivity index (χ2n) is 4.11. The van der Waals surface area contributed by atoms with E-state index < -0.39 is 0 Å². The molecule has 1 aromatic heterocycles. The molecule has 0 aliphatic carbocycles. The normalized spacial score (nSPS) is 10.5. The van der Waals surface area contributed by atoms with Crippen molar-refractivity contribution in [2.24, 2.45) is 0 Å². The van der Waals surface area contributed by atoms with Crippen LogP contribution in [0.15, 0.2) is 59.8 Å². The van der Waals surface area contributed by atoms with Gasteiger partial charge in [-0.2, -0.15) is 4.68 Å². The molecule has 3 aromatic rings. The van der Waals surface area contributed by atoms with Gasteiger partial charge in [0.25, 0.3) is 0 Å². The molecular weight excluding hydrogens is 308 g/mol. The Hall–Kier alpha value is -2.18. The number of para-hydroxylation sites is 1. The maximum absolute atomic E-state index is 12.2. The number of carbonyl (C=O) groups excluding carboxylic acids is 1. The zero-order valence-corrected chi connectivity index (χ0v) is 12.3. The summed E-state index contributed by atoms with van der Waals surface area (Å²) in [5.41, 5.74) is 1.30. The minimum atomic E-state index is -0.163. The Labute approximate surface area is 129 Å². The lowest BCUT2D eigenvalue weighted by Gasteiger charge is -2.03. The topological polar surface area (TPSA) is 60.7 Å². The van der Waals surface area contributed by atoms with Gasteiger partial charge in [-0.1, -0.05) is 41.9 Å². The van der Waals surface area contributed by atoms with Crippen molar-refractivity contribution in [2.75, 3.05) is 0 Å². The van der Waals surface area contributed by atoms with Crippen molar-refractivity contribution < 1.29 is 4.79 Å². The van der Waals surface area contributed by atoms with Gasteiger partial charge in [0.1, 0.15) is 0 Å². The lowest BCUT2D eigenvalue weighted by atomic mass is 10.2. The number of tetrazole rings is 1. The van der Waals surface area contributed by atoms with E-state index in [1.807, 2.05) is 30.3 Å². The van der Waals surface area contributed by atoms with Gasteiger partial charge in [-0.05, 0) is 46.5 Å². The van der Waals surface area contributed by atoms with Crippen molar-refractivity contribution in [1.29, 1.82) is 0 Å². The van der Waals surface area contributed by atoms with Gasteiger partial charge in [-0.25, -0.2) is 0 Å². The monoisotopic (exact) mass is 316 g/mol. The highest BCUT2D eigenvalue weighted by molar-refractivity contribution is 8.14. The molecule has 0 N–H and O–H groups in total. The van der Waals surface area contributed by atoms with E-state index >= 15 is 0 Å². The SMILES string of the molecule is O=C(Sc1nnnn1-c1ccccc1)c1cccc(Cl)c1. The molecule has 0 aliphatic heterocycles. The Kier molecular flexibility index (Phi) is 3.98. The van der Waals surface area contributed by atoms with Crippen LogP contribution in [0.5, 0.6) is 0 Å². The number of nitrogens with zero attached hydrogens (tertiary/aromatic N) is 4. The molecule has 0 fully saturated rings. The van der Waals surface area contributed by atoms with Gasteiger partial charge in [0.05, 0.1) is 5.69 Å². The standard InChI is InChI=1S/C14H9ClN4OS/c15-11-6-4-5-10(9-11)13(20)21-14-16-17-18-19(14)12-7-2-1-3-8-12/h1-9H. The Bertz CT molecular complexity index is 775. The third kappa shape index (κ3) is 3.12. The van der Waals surface area contributed by atoms with Gasteiger partial charge >= 0.3 is 0 Å². The van der Waals surface area contributed by atoms with Crippen LogP contribution in [0, 0.1) is 0 Å². The summed E-state index contributed by atoms with van der Waals surface area (Å²) in [4.78, 5) is 12.2. The maximum Gasteiger partial charge on any atom is 0.227 e. The smallest absolute Gasteiger partial charge is 0.227 e. The Morgan fingerprint density at radius 1 is 1.10 bits per heavy atom. The fourth-order valence-corrected chi connectivity index (χ4v) is 2.64. The molecule has 0 spiro atoms. The van der Waals surface area contributed by atoms with E-state index in [0.717, 1.165) is 17.4 Å². The van der Waals surface area contributed by atoms with Crippen LogP contribution in [0.1, 0.15) is 10.4 Å². The first-order valence-electron chi connectivity index (χ1n) is 6.05. The summed E-state index contributed by atoms with van der Waals surface area (Å²) in [5.74, 6) is 0. The van der Waals surface area contributed by atoms with Gasteiger partial charge in [0.2, 0.25) is 10.3 Å². The first-order chi connectivity index (χ1) is 10.2. The summed E-state index contributed by atoms with van der Waals surface area (Å²) < 4.78 is 1.52. The van der Waals surface area contributed by atoms with Crippen LogP contribution in [0.3, 0.4) is 0 Å². The molecule has 7 heteroatoms. The zero-order valence-electron chi connectivity index (χ0n) is 10.7. The van der Waals surface area contributed by atoms with E-state index in [2.05, 4.69) is 15.5 Å². The molecule has 5 nitrogen and oxygen atoms in total. The quantitative estimate of drug-likeness (QED) is 0.694. The van der Waals surface area contributed by atoms with E-state index in [9.17, 15) is 4.79 Å². The average Bonchev–Trinajstić information content (AvgIpc) is 2.96. The molecule has 0 aliphatic rings. The maximum atomic E-state index is 12.2. The molecule has 0 radical (unpaired) electrons. The van der Waals surface area contributed by atoms with Gasteiger partial charge < -0.3 is 0 Å². The van der Waals surface area contributed by atoms with Crippen molar-refractivity contribution in [1.82, 2.24) is 20.2 Å². The third-order valence-electron chi connectivity index (χ3n) is 2.69. The predicted molar refractivity (Wildman–Crippen MR) is 80.8 cm³/mol. The van der Waals surface area contributed by atoms with E-state index in [0.29, 0.717) is 15.7 Å². The molecule has 21 heavy (non-hydrogen) atoms. The van der Waals surface area contributed by atoms with Crippen molar-refractivity contribution in [3.63, 3.8) is 0 Å². The van der Waals surface area contributed by atoms with Crippen molar-refractivity contribution in [2.45, 2.75) is 5.16 Å². The molecule has 0 atom stereocenters. The number of benzene rings is 2. The highest BCUT2D eigenvalue weighted by Gasteiger charge is 2.15. The molecule has 0 saturated carbocycles. The van der Waals surface area contributed by atoms with Gasteiger partial charge in [-0.3, -0.25) is 4.79 Å². The van der Waals surface area contributed by atoms with Crippen molar-refractivity contribution in [3.8, 4) is 5.69 Å². The molecule has 0 bridgehead atoms. The number of aromatic nitrogens is 4. The van der Waals surface area contributed by atoms with Crippen LogP contribution in [-0.2, 0) is 0 Å². The molecule has 1 heterocycles. The van der Waals surface area contributed by atoms with Crippen LogP contribution in [0.2, 0.25) is 5.02 Å². The molecule has 0 saturated heterocycles. The summed E-state index contributed by atoms with van der Waals surface area (Å²) >= 11 is 6.85. The average molecular weight is 317 g/mol. The van der Waals surface area contributed by atoms with E-state index in [4.69, 9.17) is 11.6 Å². The first kappa shape index (κ1) is 13.8. The summed E-state index contributed by atoms with van der Waals surface area (Å²) in [6.07, 6.45) is 0. The number of rotatable bonds is 3. The first-order valence-corrected chi connectivity index (χ1v) is 7.25. The Morgan fingerprint density at radius 3 is 2.67 bits per heavy atom. The Balaban J connectivity index is 1.87. The zero-order chi connectivity index (χ0) is 14.7. The number of carbonyl (C=O) groups is 1. The number of hydrogen-bond donors (Lipinski definition) is 0. The van der Waals surface area contributed by atoms with Crippen LogP contribution in [0.4, 0.5) is 0 Å². The largest absolute Gasteiger partial charge is 0.281 e. The van der Waals surface area contributed by atoms with Crippen LogP contribution in [-0.4, -0.2) is 25.3 Å². The van der Waals surface area contributed by atoms with Crippen LogP contribution < -0.4 is 0 Å². The predicted octanol–water partition coefficient (Wildman–Crippen LogP) is 3.25. The van der Waals surface area contributed by atoms with Crippen molar-refractivity contribution >= 4 is 28.5 Å². The molecule has 3 rings (SSSR count). The van der Waals surface area contributed by atoms with Crippen molar-refractivity contribution in [3.05, 3.63) is 65.2 Å².